The van der Waals surface area contributed by atoms with Crippen molar-refractivity contribution in [1.29, 1.82) is 0 Å². The molecule has 10 rings (SSSR count). The van der Waals surface area contributed by atoms with Crippen molar-refractivity contribution in [2.45, 2.75) is 155 Å². The molecule has 0 aliphatic carbocycles. The largest absolute Gasteiger partial charge is 0.446 e. The number of nitrogens with one attached hydrogen (secondary N) is 9. The Morgan fingerprint density at radius 1 is 0.333 bits per heavy atom. The van der Waals surface area contributed by atoms with Crippen molar-refractivity contribution >= 4 is 53.7 Å². The van der Waals surface area contributed by atoms with E-state index in [-0.39, 0.29) is 185 Å². The quantitative estimate of drug-likeness (QED) is 0.0200. The molecule has 9 N–H and O–H groups in total. The highest BCUT2D eigenvalue weighted by molar-refractivity contribution is 5.95. The zero-order valence-electron chi connectivity index (χ0n) is 60.5. The SMILES string of the molecule is CC(C)C[C@@H]1NC(=O)c2coc(n2)[C@H](CCCNC(=O)OCc2ccccc2)NC(=O)c2coc(n2)[C@H](CC(C)C)NC(=O)c2coc(n2)[C@H](CCCNC(=O)OCc2ccccc2)NC(=O)c2coc(n2)[C@H](CC(C)C)NC(=O)c2coc(n2)[C@H](CCCNC(=O)OCc2ccccc2)NC(=O)c2coc1n2. The molecule has 108 heavy (non-hydrogen) atoms. The van der Waals surface area contributed by atoms with Crippen LogP contribution in [0.2, 0.25) is 0 Å². The van der Waals surface area contributed by atoms with Gasteiger partial charge >= 0.3 is 18.3 Å². The van der Waals surface area contributed by atoms with E-state index in [4.69, 9.17) is 40.7 Å². The molecule has 0 saturated carbocycles. The van der Waals surface area contributed by atoms with E-state index in [9.17, 15) is 43.2 Å². The molecule has 0 unspecified atom stereocenters. The predicted octanol–water partition coefficient (Wildman–Crippen LogP) is 11.0. The van der Waals surface area contributed by atoms with Crippen LogP contribution in [0, 0.1) is 17.8 Å². The number of benzene rings is 3. The molecule has 1 aliphatic heterocycles. The molecule has 9 amide bonds. The molecule has 570 valence electrons. The Hall–Kier alpha value is -12.5. The van der Waals surface area contributed by atoms with Gasteiger partial charge in [-0.25, -0.2) is 44.3 Å². The molecule has 33 heteroatoms. The van der Waals surface area contributed by atoms with Crippen molar-refractivity contribution in [1.82, 2.24) is 77.8 Å². The van der Waals surface area contributed by atoms with Gasteiger partial charge in [-0.3, -0.25) is 28.8 Å². The lowest BCUT2D eigenvalue weighted by Gasteiger charge is -2.17. The summed E-state index contributed by atoms with van der Waals surface area (Å²) in [6.45, 7) is 11.7. The number of carbonyl (C=O) groups excluding carboxylic acids is 9. The Bertz CT molecular complexity index is 4010. The Morgan fingerprint density at radius 2 is 0.537 bits per heavy atom. The van der Waals surface area contributed by atoms with E-state index in [2.05, 4.69) is 77.8 Å². The minimum atomic E-state index is -1.06. The fourth-order valence-corrected chi connectivity index (χ4v) is 11.4. The van der Waals surface area contributed by atoms with Crippen LogP contribution in [0.25, 0.3) is 0 Å². The maximum absolute atomic E-state index is 14.4. The third-order valence-electron chi connectivity index (χ3n) is 16.7. The molecule has 0 radical (unpaired) electrons. The van der Waals surface area contributed by atoms with Gasteiger partial charge in [-0.2, -0.15) is 0 Å². The summed E-state index contributed by atoms with van der Waals surface area (Å²) >= 11 is 0. The summed E-state index contributed by atoms with van der Waals surface area (Å²) in [6, 6.07) is 21.3. The summed E-state index contributed by atoms with van der Waals surface area (Å²) in [7, 11) is 0. The van der Waals surface area contributed by atoms with Gasteiger partial charge in [0.25, 0.3) is 35.4 Å². The van der Waals surface area contributed by atoms with Crippen LogP contribution in [0.15, 0.2) is 155 Å². The summed E-state index contributed by atoms with van der Waals surface area (Å²) in [6.07, 6.45) is 6.26. The van der Waals surface area contributed by atoms with Crippen molar-refractivity contribution in [2.75, 3.05) is 19.6 Å². The molecule has 0 saturated heterocycles. The number of amides is 9. The molecule has 3 aromatic carbocycles. The third kappa shape index (κ3) is 23.3. The predicted molar refractivity (Wildman–Crippen MR) is 380 cm³/mol. The molecule has 6 atom stereocenters. The zero-order valence-corrected chi connectivity index (χ0v) is 60.5. The maximum Gasteiger partial charge on any atom is 0.407 e. The van der Waals surface area contributed by atoms with E-state index in [0.29, 0.717) is 0 Å². The van der Waals surface area contributed by atoms with E-state index in [1.807, 2.05) is 133 Å². The molecule has 0 spiro atoms. The zero-order chi connectivity index (χ0) is 76.5. The summed E-state index contributed by atoms with van der Waals surface area (Å²) in [5, 5.41) is 25.4. The van der Waals surface area contributed by atoms with Crippen molar-refractivity contribution < 1.29 is 83.9 Å². The first kappa shape index (κ1) is 78.1. The molecule has 1 aliphatic rings. The number of fused-ring (bicyclic) bond motifs is 12. The van der Waals surface area contributed by atoms with Gasteiger partial charge in [0.1, 0.15) is 93.7 Å². The Morgan fingerprint density at radius 3 is 0.750 bits per heavy atom. The molecule has 9 aromatic rings. The third-order valence-corrected chi connectivity index (χ3v) is 16.7. The smallest absolute Gasteiger partial charge is 0.407 e. The van der Waals surface area contributed by atoms with Crippen LogP contribution in [0.4, 0.5) is 14.4 Å². The van der Waals surface area contributed by atoms with Crippen molar-refractivity contribution in [3.63, 3.8) is 0 Å². The first-order valence-electron chi connectivity index (χ1n) is 35.6. The molecular formula is C75H87N15O18. The second kappa shape index (κ2) is 38.5. The number of ether oxygens (including phenoxy) is 3. The molecule has 7 heterocycles. The van der Waals surface area contributed by atoms with E-state index < -0.39 is 90.0 Å². The molecule has 12 bridgehead atoms. The van der Waals surface area contributed by atoms with E-state index in [0.717, 1.165) is 54.3 Å². The highest BCUT2D eigenvalue weighted by atomic mass is 16.6. The first-order chi connectivity index (χ1) is 52.2. The average Bonchev–Trinajstić information content (AvgIpc) is 1.69. The number of rotatable bonds is 24. The number of oxazole rings is 6. The fraction of sp³-hybridized carbons (Fsp3) is 0.400. The van der Waals surface area contributed by atoms with Gasteiger partial charge in [0, 0.05) is 19.6 Å². The number of hydrogen-bond donors (Lipinski definition) is 9. The number of aromatic nitrogens is 6. The van der Waals surface area contributed by atoms with Crippen LogP contribution >= 0.6 is 0 Å². The van der Waals surface area contributed by atoms with Gasteiger partial charge in [-0.15, -0.1) is 0 Å². The van der Waals surface area contributed by atoms with Gasteiger partial charge in [-0.1, -0.05) is 133 Å². The number of nitrogens with zero attached hydrogens (tertiary/aromatic N) is 6. The normalized spacial score (nSPS) is 17.5. The lowest BCUT2D eigenvalue weighted by Crippen LogP contribution is -2.33. The summed E-state index contributed by atoms with van der Waals surface area (Å²) in [5.41, 5.74) is 1.08. The standard InChI is InChI=1S/C75H87N15O18/c1-43(2)31-52-70-88-55(40-103-70)61(91)79-50(26-17-29-77-74(98)107-35-47-21-12-8-13-22-47)68-86-59(38-101-68)65(95)83-54(33-45(5)6)72-90-57(42-105-72)63(93)81-51(27-18-30-78-75(99)108-36-48-23-14-9-15-24-48)69-87-60(39-102-69)66(96)84-53(32-44(3)4)71-89-56(41-104-71)62(92)80-49(67-85-58(37-100-67)64(94)82-52)25-16-28-76-73(97)106-34-46-19-10-7-11-20-46/h7-15,19-24,37-45,49-54H,16-18,25-36H2,1-6H3,(H,76,97)(H,77,98)(H,78,99)(H,79,91)(H,80,92)(H,81,93)(H,82,94)(H,83,95)(H,84,96)/t49-,50-,51-,52-,53-,54-/m0/s1. The molecule has 0 fully saturated rings. The van der Waals surface area contributed by atoms with Crippen LogP contribution in [0.3, 0.4) is 0 Å². The van der Waals surface area contributed by atoms with Gasteiger partial charge in [0.15, 0.2) is 34.2 Å². The molecule has 6 aromatic heterocycles. The molecular weight excluding hydrogens is 1400 g/mol. The number of carbonyl (C=O) groups is 9. The maximum atomic E-state index is 14.4. The summed E-state index contributed by atoms with van der Waals surface area (Å²) in [5.74, 6) is -5.22. The van der Waals surface area contributed by atoms with Crippen LogP contribution in [-0.4, -0.2) is 103 Å². The van der Waals surface area contributed by atoms with Crippen LogP contribution < -0.4 is 47.9 Å². The van der Waals surface area contributed by atoms with E-state index in [1.54, 1.807) is 0 Å². The summed E-state index contributed by atoms with van der Waals surface area (Å²) in [4.78, 5) is 151. The van der Waals surface area contributed by atoms with Crippen LogP contribution in [-0.2, 0) is 34.0 Å². The van der Waals surface area contributed by atoms with E-state index in [1.165, 1.54) is 0 Å². The highest BCUT2D eigenvalue weighted by Crippen LogP contribution is 2.29. The van der Waals surface area contributed by atoms with Gasteiger partial charge in [0.05, 0.1) is 0 Å². The monoisotopic (exact) mass is 1490 g/mol. The Labute approximate surface area is 620 Å². The fourth-order valence-electron chi connectivity index (χ4n) is 11.4. The lowest BCUT2D eigenvalue weighted by atomic mass is 10.0. The van der Waals surface area contributed by atoms with Gasteiger partial charge in [0.2, 0.25) is 35.3 Å². The van der Waals surface area contributed by atoms with Gasteiger partial charge in [-0.05, 0) is 92.2 Å². The van der Waals surface area contributed by atoms with Crippen molar-refractivity contribution in [3.8, 4) is 0 Å². The van der Waals surface area contributed by atoms with Crippen molar-refractivity contribution in [3.05, 3.63) is 215 Å². The summed E-state index contributed by atoms with van der Waals surface area (Å²) < 4.78 is 51.6. The molecule has 33 nitrogen and oxygen atoms in total. The van der Waals surface area contributed by atoms with Crippen LogP contribution in [0.1, 0.15) is 251 Å². The van der Waals surface area contributed by atoms with Crippen molar-refractivity contribution in [2.24, 2.45) is 17.8 Å². The highest BCUT2D eigenvalue weighted by Gasteiger charge is 2.33. The van der Waals surface area contributed by atoms with Gasteiger partial charge < -0.3 is 88.6 Å². The second-order valence-corrected chi connectivity index (χ2v) is 26.9. The Balaban J connectivity index is 0.935. The lowest BCUT2D eigenvalue weighted by molar-refractivity contribution is 0.0910. The Kier molecular flexibility index (Phi) is 27.9. The minimum absolute atomic E-state index is 0.0248. The first-order valence-corrected chi connectivity index (χ1v) is 35.6. The topological polar surface area (TPSA) is 446 Å². The van der Waals surface area contributed by atoms with E-state index >= 15 is 0 Å². The second-order valence-electron chi connectivity index (χ2n) is 26.9. The minimum Gasteiger partial charge on any atom is -0.446 e. The van der Waals surface area contributed by atoms with Crippen LogP contribution in [0.5, 0.6) is 0 Å². The number of hydrogen-bond acceptors (Lipinski definition) is 24. The average molecular weight is 1490 g/mol. The number of alkyl carbamates (subject to hydrolysis) is 3.